The van der Waals surface area contributed by atoms with Crippen LogP contribution >= 0.6 is 7.82 Å². The molecule has 0 aromatic rings. The largest absolute Gasteiger partial charge is 0.466 e. The molecule has 0 heterocycles. The molecule has 0 aromatic carbocycles. The second-order valence-corrected chi connectivity index (χ2v) is 14.2. The van der Waals surface area contributed by atoms with Gasteiger partial charge >= 0.3 is 100 Å². The standard InChI is InChI=1S/3C4H9.H3O4P.Sn/c3*1-3-4-2;1-5(2,3)4;/h3*1,3-4H2,2H3;(H3,1,2,3,4);. The zero-order chi connectivity index (χ0) is 14.4. The van der Waals surface area contributed by atoms with Gasteiger partial charge in [-0.25, -0.2) is 4.57 Å². The van der Waals surface area contributed by atoms with E-state index in [9.17, 15) is 0 Å². The third kappa shape index (κ3) is 25.7. The van der Waals surface area contributed by atoms with E-state index in [2.05, 4.69) is 20.8 Å². The first-order chi connectivity index (χ1) is 8.35. The van der Waals surface area contributed by atoms with Gasteiger partial charge in [-0.15, -0.1) is 0 Å². The second-order valence-electron chi connectivity index (χ2n) is 4.57. The summed E-state index contributed by atoms with van der Waals surface area (Å²) in [5.41, 5.74) is 0. The van der Waals surface area contributed by atoms with Gasteiger partial charge in [0, 0.05) is 0 Å². The van der Waals surface area contributed by atoms with Crippen LogP contribution in [0.2, 0.25) is 13.3 Å². The minimum Gasteiger partial charge on any atom is -0.303 e. The van der Waals surface area contributed by atoms with Crippen molar-refractivity contribution in [2.24, 2.45) is 0 Å². The van der Waals surface area contributed by atoms with Crippen LogP contribution in [-0.2, 0) is 4.57 Å². The Balaban J connectivity index is 0. The van der Waals surface area contributed by atoms with Gasteiger partial charge in [-0.2, -0.15) is 0 Å². The molecule has 3 N–H and O–H groups in total. The van der Waals surface area contributed by atoms with Crippen molar-refractivity contribution in [3.05, 3.63) is 0 Å². The number of unbranched alkanes of at least 4 members (excludes halogenated alkanes) is 3. The summed E-state index contributed by atoms with van der Waals surface area (Å²) in [5.74, 6) is 0. The van der Waals surface area contributed by atoms with E-state index in [4.69, 9.17) is 19.2 Å². The summed E-state index contributed by atoms with van der Waals surface area (Å²) < 4.78 is 13.9. The van der Waals surface area contributed by atoms with Gasteiger partial charge < -0.3 is 14.7 Å². The zero-order valence-corrected chi connectivity index (χ0v) is 15.8. The van der Waals surface area contributed by atoms with Crippen LogP contribution in [0.15, 0.2) is 0 Å². The normalized spacial score (nSPS) is 11.3. The van der Waals surface area contributed by atoms with Crippen molar-refractivity contribution in [2.45, 2.75) is 72.6 Å². The monoisotopic (exact) mass is 389 g/mol. The molecule has 18 heavy (non-hydrogen) atoms. The van der Waals surface area contributed by atoms with E-state index >= 15 is 0 Å². The number of hydrogen-bond donors (Lipinski definition) is 3. The quantitative estimate of drug-likeness (QED) is 0.413. The van der Waals surface area contributed by atoms with E-state index in [1.165, 1.54) is 38.5 Å². The Labute approximate surface area is 119 Å². The molecule has 1 radical (unpaired) electrons. The molecule has 0 aliphatic heterocycles. The van der Waals surface area contributed by atoms with Gasteiger partial charge in [0.2, 0.25) is 0 Å². The number of hydrogen-bond acceptors (Lipinski definition) is 1. The molecule has 0 saturated carbocycles. The predicted octanol–water partition coefficient (Wildman–Crippen LogP) is 3.95. The Bertz CT molecular complexity index is 181. The van der Waals surface area contributed by atoms with Gasteiger partial charge in [-0.1, -0.05) is 0 Å². The van der Waals surface area contributed by atoms with Crippen LogP contribution < -0.4 is 0 Å². The van der Waals surface area contributed by atoms with Gasteiger partial charge in [0.1, 0.15) is 0 Å². The molecule has 0 bridgehead atoms. The summed E-state index contributed by atoms with van der Waals surface area (Å²) in [6.45, 7) is 7.00. The fourth-order valence-corrected chi connectivity index (χ4v) is 11.1. The van der Waals surface area contributed by atoms with E-state index in [1.807, 2.05) is 0 Å². The summed E-state index contributed by atoms with van der Waals surface area (Å²) in [6, 6.07) is 0. The molecular weight excluding hydrogens is 358 g/mol. The summed E-state index contributed by atoms with van der Waals surface area (Å²) >= 11 is -0.839. The van der Waals surface area contributed by atoms with E-state index < -0.39 is 27.6 Å². The Morgan fingerprint density at radius 1 is 0.778 bits per heavy atom. The summed E-state index contributed by atoms with van der Waals surface area (Å²) in [7, 11) is -4.64. The van der Waals surface area contributed by atoms with Crippen LogP contribution in [0, 0.1) is 0 Å². The van der Waals surface area contributed by atoms with Gasteiger partial charge in [-0.05, 0) is 0 Å². The average molecular weight is 388 g/mol. The van der Waals surface area contributed by atoms with E-state index in [-0.39, 0.29) is 0 Å². The first-order valence-electron chi connectivity index (χ1n) is 6.96. The third-order valence-electron chi connectivity index (χ3n) is 2.65. The van der Waals surface area contributed by atoms with Crippen LogP contribution in [0.3, 0.4) is 0 Å². The predicted molar refractivity (Wildman–Crippen MR) is 79.2 cm³/mol. The first-order valence-corrected chi connectivity index (χ1v) is 14.6. The van der Waals surface area contributed by atoms with Crippen molar-refractivity contribution < 1.29 is 19.2 Å². The summed E-state index contributed by atoms with van der Waals surface area (Å²) in [4.78, 5) is 21.6. The maximum absolute atomic E-state index is 8.88. The fraction of sp³-hybridized carbons (Fsp3) is 1.00. The molecule has 6 heteroatoms. The smallest absolute Gasteiger partial charge is 0.303 e. The molecule has 0 fully saturated rings. The topological polar surface area (TPSA) is 77.8 Å². The van der Waals surface area contributed by atoms with Crippen molar-refractivity contribution in [1.29, 1.82) is 0 Å². The molecule has 0 aromatic heterocycles. The van der Waals surface area contributed by atoms with Crippen molar-refractivity contribution in [3.63, 3.8) is 0 Å². The second kappa shape index (κ2) is 14.3. The third-order valence-corrected chi connectivity index (χ3v) is 11.7. The van der Waals surface area contributed by atoms with Crippen molar-refractivity contribution >= 4 is 27.6 Å². The Morgan fingerprint density at radius 2 is 1.00 bits per heavy atom. The molecule has 111 valence electrons. The van der Waals surface area contributed by atoms with Crippen LogP contribution in [0.4, 0.5) is 0 Å². The summed E-state index contributed by atoms with van der Waals surface area (Å²) in [6.07, 6.45) is 8.85. The Morgan fingerprint density at radius 3 is 1.17 bits per heavy atom. The maximum Gasteiger partial charge on any atom is 0.466 e. The summed E-state index contributed by atoms with van der Waals surface area (Å²) in [5, 5.41) is 0. The van der Waals surface area contributed by atoms with Gasteiger partial charge in [-0.3, -0.25) is 0 Å². The van der Waals surface area contributed by atoms with Crippen LogP contribution in [0.1, 0.15) is 59.3 Å². The Hall–Kier alpha value is 0.909. The molecule has 0 aliphatic carbocycles. The molecule has 0 amide bonds. The maximum atomic E-state index is 8.88. The molecule has 0 rings (SSSR count). The van der Waals surface area contributed by atoms with Crippen LogP contribution in [-0.4, -0.2) is 34.4 Å². The van der Waals surface area contributed by atoms with Gasteiger partial charge in [0.15, 0.2) is 0 Å². The SMILES string of the molecule is CCC[CH2][Sn]([CH2]CCC)[CH2]CCC.O=P(O)(O)O. The average Bonchev–Trinajstić information content (AvgIpc) is 2.26. The van der Waals surface area contributed by atoms with Crippen molar-refractivity contribution in [2.75, 3.05) is 0 Å². The number of phosphoric acid groups is 1. The minimum absolute atomic E-state index is 0.839. The Kier molecular flexibility index (Phi) is 16.9. The van der Waals surface area contributed by atoms with Crippen LogP contribution in [0.25, 0.3) is 0 Å². The molecule has 0 unspecified atom stereocenters. The first kappa shape index (κ1) is 21.2. The fourth-order valence-electron chi connectivity index (χ4n) is 1.66. The minimum atomic E-state index is -4.64. The van der Waals surface area contributed by atoms with Gasteiger partial charge in [0.25, 0.3) is 0 Å². The van der Waals surface area contributed by atoms with Gasteiger partial charge in [0.05, 0.1) is 0 Å². The van der Waals surface area contributed by atoms with Crippen LogP contribution in [0.5, 0.6) is 0 Å². The number of rotatable bonds is 9. The van der Waals surface area contributed by atoms with E-state index in [0.717, 1.165) is 0 Å². The molecule has 0 aliphatic rings. The zero-order valence-electron chi connectivity index (χ0n) is 12.1. The molecule has 0 atom stereocenters. The molecule has 0 saturated heterocycles. The molecular formula is C12H30O4PSn. The molecule has 4 nitrogen and oxygen atoms in total. The van der Waals surface area contributed by atoms with Crippen molar-refractivity contribution in [1.82, 2.24) is 0 Å². The van der Waals surface area contributed by atoms with E-state index in [1.54, 1.807) is 13.3 Å². The van der Waals surface area contributed by atoms with Crippen molar-refractivity contribution in [3.8, 4) is 0 Å². The molecule has 0 spiro atoms. The van der Waals surface area contributed by atoms with E-state index in [0.29, 0.717) is 0 Å².